The van der Waals surface area contributed by atoms with E-state index in [-0.39, 0.29) is 5.91 Å². The second-order valence-corrected chi connectivity index (χ2v) is 6.78. The van der Waals surface area contributed by atoms with Crippen LogP contribution in [0.15, 0.2) is 54.7 Å². The lowest BCUT2D eigenvalue weighted by Gasteiger charge is -2.11. The summed E-state index contributed by atoms with van der Waals surface area (Å²) in [5.74, 6) is -0.378. The van der Waals surface area contributed by atoms with Crippen molar-refractivity contribution >= 4 is 28.3 Å². The number of amides is 1. The first-order chi connectivity index (χ1) is 13.1. The number of hydrogen-bond donors (Lipinski definition) is 1. The van der Waals surface area contributed by atoms with Crippen LogP contribution in [-0.4, -0.2) is 24.0 Å². The summed E-state index contributed by atoms with van der Waals surface area (Å²) < 4.78 is 10.5. The number of esters is 1. The Kier molecular flexibility index (Phi) is 5.83. The monoisotopic (exact) mass is 382 g/mol. The summed E-state index contributed by atoms with van der Waals surface area (Å²) in [5, 5.41) is 3.00. The van der Waals surface area contributed by atoms with Crippen molar-refractivity contribution in [3.8, 4) is 5.75 Å². The molecule has 2 aromatic carbocycles. The summed E-state index contributed by atoms with van der Waals surface area (Å²) in [4.78, 5) is 28.4. The summed E-state index contributed by atoms with van der Waals surface area (Å²) in [7, 11) is 1.29. The molecular formula is C20H18N2O4S. The first-order valence-electron chi connectivity index (χ1n) is 8.19. The molecule has 6 nitrogen and oxygen atoms in total. The van der Waals surface area contributed by atoms with Crippen molar-refractivity contribution in [2.24, 2.45) is 0 Å². The van der Waals surface area contributed by atoms with E-state index in [4.69, 9.17) is 4.74 Å². The molecule has 0 aliphatic carbocycles. The van der Waals surface area contributed by atoms with Gasteiger partial charge in [0.1, 0.15) is 17.2 Å². The molecule has 0 spiro atoms. The average molecular weight is 382 g/mol. The normalized spacial score (nSPS) is 10.3. The minimum Gasteiger partial charge on any atom is -0.488 e. The lowest BCUT2D eigenvalue weighted by atomic mass is 10.1. The zero-order valence-electron chi connectivity index (χ0n) is 14.9. The van der Waals surface area contributed by atoms with Gasteiger partial charge in [-0.1, -0.05) is 53.3 Å². The van der Waals surface area contributed by atoms with E-state index in [1.165, 1.54) is 13.3 Å². The third-order valence-corrected chi connectivity index (χ3v) is 4.61. The van der Waals surface area contributed by atoms with Gasteiger partial charge in [0.25, 0.3) is 5.91 Å². The van der Waals surface area contributed by atoms with Crippen LogP contribution in [0.25, 0.3) is 0 Å². The maximum atomic E-state index is 12.6. The highest BCUT2D eigenvalue weighted by molar-refractivity contribution is 7.17. The van der Waals surface area contributed by atoms with Crippen LogP contribution in [-0.2, 0) is 11.3 Å². The fourth-order valence-electron chi connectivity index (χ4n) is 2.43. The first-order valence-corrected chi connectivity index (χ1v) is 9.01. The Labute approximate surface area is 160 Å². The van der Waals surface area contributed by atoms with Gasteiger partial charge in [-0.05, 0) is 24.6 Å². The van der Waals surface area contributed by atoms with Crippen molar-refractivity contribution in [1.82, 2.24) is 4.98 Å². The number of methoxy groups -OCH3 is 1. The van der Waals surface area contributed by atoms with Crippen LogP contribution >= 0.6 is 11.3 Å². The fourth-order valence-corrected chi connectivity index (χ4v) is 3.16. The molecule has 3 rings (SSSR count). The molecule has 1 aromatic heterocycles. The topological polar surface area (TPSA) is 77.5 Å². The van der Waals surface area contributed by atoms with Gasteiger partial charge in [0.15, 0.2) is 5.13 Å². The number of ether oxygens (including phenoxy) is 2. The molecule has 0 fully saturated rings. The van der Waals surface area contributed by atoms with E-state index in [9.17, 15) is 9.59 Å². The molecule has 1 N–H and O–H groups in total. The van der Waals surface area contributed by atoms with Gasteiger partial charge in [-0.2, -0.15) is 0 Å². The van der Waals surface area contributed by atoms with Gasteiger partial charge in [-0.25, -0.2) is 9.78 Å². The molecule has 0 aliphatic rings. The molecule has 27 heavy (non-hydrogen) atoms. The van der Waals surface area contributed by atoms with Gasteiger partial charge in [-0.3, -0.25) is 10.1 Å². The number of rotatable bonds is 6. The number of carbonyl (C=O) groups excluding carboxylic acids is 2. The highest BCUT2D eigenvalue weighted by atomic mass is 32.1. The largest absolute Gasteiger partial charge is 0.488 e. The highest BCUT2D eigenvalue weighted by Gasteiger charge is 2.16. The van der Waals surface area contributed by atoms with Gasteiger partial charge < -0.3 is 9.47 Å². The van der Waals surface area contributed by atoms with Crippen LogP contribution in [0, 0.1) is 6.92 Å². The predicted molar refractivity (Wildman–Crippen MR) is 103 cm³/mol. The lowest BCUT2D eigenvalue weighted by molar-refractivity contribution is 0.0606. The quantitative estimate of drug-likeness (QED) is 0.650. The Morgan fingerprint density at radius 3 is 2.74 bits per heavy atom. The van der Waals surface area contributed by atoms with Crippen molar-refractivity contribution in [3.63, 3.8) is 0 Å². The Morgan fingerprint density at radius 1 is 1.15 bits per heavy atom. The average Bonchev–Trinajstić information content (AvgIpc) is 3.14. The number of aryl methyl sites for hydroxylation is 1. The fraction of sp³-hybridized carbons (Fsp3) is 0.150. The molecule has 3 aromatic rings. The SMILES string of the molecule is COC(=O)c1cnc(NC(=O)c2ccccc2OCc2cccc(C)c2)s1. The Morgan fingerprint density at radius 2 is 1.96 bits per heavy atom. The number of aromatic nitrogens is 1. The van der Waals surface area contributed by atoms with E-state index in [0.717, 1.165) is 22.5 Å². The molecule has 1 heterocycles. The number of nitrogens with zero attached hydrogens (tertiary/aromatic N) is 1. The lowest BCUT2D eigenvalue weighted by Crippen LogP contribution is -2.13. The van der Waals surface area contributed by atoms with Gasteiger partial charge in [-0.15, -0.1) is 0 Å². The van der Waals surface area contributed by atoms with Crippen molar-refractivity contribution < 1.29 is 19.1 Å². The summed E-state index contributed by atoms with van der Waals surface area (Å²) in [6.45, 7) is 2.37. The number of anilines is 1. The number of thiazole rings is 1. The van der Waals surface area contributed by atoms with Gasteiger partial charge in [0, 0.05) is 0 Å². The molecule has 0 unspecified atom stereocenters. The minimum atomic E-state index is -0.491. The minimum absolute atomic E-state index is 0.314. The number of nitrogens with one attached hydrogen (secondary N) is 1. The van der Waals surface area contributed by atoms with Crippen molar-refractivity contribution in [2.45, 2.75) is 13.5 Å². The molecule has 0 radical (unpaired) electrons. The smallest absolute Gasteiger partial charge is 0.349 e. The van der Waals surface area contributed by atoms with E-state index in [1.54, 1.807) is 24.3 Å². The number of para-hydroxylation sites is 1. The number of carbonyl (C=O) groups is 2. The molecule has 0 atom stereocenters. The second-order valence-electron chi connectivity index (χ2n) is 5.75. The molecule has 0 aliphatic heterocycles. The molecule has 138 valence electrons. The Bertz CT molecular complexity index is 968. The number of hydrogen-bond acceptors (Lipinski definition) is 6. The zero-order valence-corrected chi connectivity index (χ0v) is 15.7. The summed E-state index contributed by atoms with van der Waals surface area (Å²) in [5.41, 5.74) is 2.56. The standard InChI is InChI=1S/C20H18N2O4S/c1-13-6-5-7-14(10-13)12-26-16-9-4-3-8-15(16)18(23)22-20-21-11-17(27-20)19(24)25-2/h3-11H,12H2,1-2H3,(H,21,22,23). The molecule has 0 bridgehead atoms. The third kappa shape index (κ3) is 4.71. The third-order valence-electron chi connectivity index (χ3n) is 3.72. The van der Waals surface area contributed by atoms with E-state index >= 15 is 0 Å². The van der Waals surface area contributed by atoms with Crippen LogP contribution in [0.2, 0.25) is 0 Å². The maximum absolute atomic E-state index is 12.6. The van der Waals surface area contributed by atoms with Crippen molar-refractivity contribution in [3.05, 3.63) is 76.3 Å². The van der Waals surface area contributed by atoms with Crippen LogP contribution in [0.5, 0.6) is 5.75 Å². The van der Waals surface area contributed by atoms with E-state index in [2.05, 4.69) is 15.0 Å². The van der Waals surface area contributed by atoms with E-state index in [1.807, 2.05) is 31.2 Å². The van der Waals surface area contributed by atoms with Crippen LogP contribution in [0.1, 0.15) is 31.2 Å². The van der Waals surface area contributed by atoms with Gasteiger partial charge in [0.2, 0.25) is 0 Å². The Balaban J connectivity index is 1.71. The number of benzene rings is 2. The maximum Gasteiger partial charge on any atom is 0.349 e. The summed E-state index contributed by atoms with van der Waals surface area (Å²) >= 11 is 1.05. The second kappa shape index (κ2) is 8.46. The van der Waals surface area contributed by atoms with Crippen LogP contribution < -0.4 is 10.1 Å². The molecule has 7 heteroatoms. The van der Waals surface area contributed by atoms with Gasteiger partial charge in [0.05, 0.1) is 18.9 Å². The van der Waals surface area contributed by atoms with E-state index in [0.29, 0.717) is 27.9 Å². The van der Waals surface area contributed by atoms with Crippen LogP contribution in [0.3, 0.4) is 0 Å². The molecular weight excluding hydrogens is 364 g/mol. The van der Waals surface area contributed by atoms with Crippen LogP contribution in [0.4, 0.5) is 5.13 Å². The zero-order chi connectivity index (χ0) is 19.2. The Hall–Kier alpha value is -3.19. The van der Waals surface area contributed by atoms with Crippen molar-refractivity contribution in [2.75, 3.05) is 12.4 Å². The molecule has 0 saturated heterocycles. The van der Waals surface area contributed by atoms with Gasteiger partial charge >= 0.3 is 5.97 Å². The summed E-state index contributed by atoms with van der Waals surface area (Å²) in [6.07, 6.45) is 1.37. The van der Waals surface area contributed by atoms with E-state index < -0.39 is 5.97 Å². The first kappa shape index (κ1) is 18.6. The summed E-state index contributed by atoms with van der Waals surface area (Å²) in [6, 6.07) is 15.0. The molecule has 0 saturated carbocycles. The molecule has 1 amide bonds. The predicted octanol–water partition coefficient (Wildman–Crippen LogP) is 4.07. The highest BCUT2D eigenvalue weighted by Crippen LogP contribution is 2.23. The van der Waals surface area contributed by atoms with Crippen molar-refractivity contribution in [1.29, 1.82) is 0 Å².